The number of methoxy groups -OCH3 is 1. The molecule has 8 nitrogen and oxygen atoms in total. The summed E-state index contributed by atoms with van der Waals surface area (Å²) in [5, 5.41) is 5.13. The normalized spacial score (nSPS) is 11.2. The molecular weight excluding hydrogens is 368 g/mol. The van der Waals surface area contributed by atoms with E-state index >= 15 is 0 Å². The summed E-state index contributed by atoms with van der Waals surface area (Å²) in [7, 11) is -2.52. The number of pyridine rings is 1. The molecule has 0 saturated carbocycles. The minimum Gasteiger partial charge on any atom is -0.464 e. The third kappa shape index (κ3) is 4.15. The molecule has 0 spiro atoms. The molecule has 0 bridgehead atoms. The Morgan fingerprint density at radius 1 is 1.22 bits per heavy atom. The van der Waals surface area contributed by atoms with Crippen LogP contribution in [0.4, 0.5) is 0 Å². The van der Waals surface area contributed by atoms with Gasteiger partial charge in [-0.1, -0.05) is 30.3 Å². The number of nitrogens with one attached hydrogen (secondary N) is 1. The number of ether oxygens (including phenoxy) is 1. The summed E-state index contributed by atoms with van der Waals surface area (Å²) in [4.78, 5) is 16.1. The highest BCUT2D eigenvalue weighted by atomic mass is 32.2. The summed E-state index contributed by atoms with van der Waals surface area (Å²) in [5.74, 6) is -0.497. The Kier molecular flexibility index (Phi) is 5.24. The molecular formula is C18H18N4O4S. The molecule has 0 aliphatic heterocycles. The molecule has 0 aliphatic carbocycles. The van der Waals surface area contributed by atoms with Crippen LogP contribution >= 0.6 is 0 Å². The van der Waals surface area contributed by atoms with E-state index in [4.69, 9.17) is 9.88 Å². The van der Waals surface area contributed by atoms with Gasteiger partial charge in [0.25, 0.3) is 0 Å². The lowest BCUT2D eigenvalue weighted by Crippen LogP contribution is -2.20. The Balaban J connectivity index is 1.90. The predicted octanol–water partition coefficient (Wildman–Crippen LogP) is 1.73. The third-order valence-corrected chi connectivity index (χ3v) is 4.78. The summed E-state index contributed by atoms with van der Waals surface area (Å²) in [6.45, 7) is 0.225. The second-order valence-corrected chi connectivity index (χ2v) is 7.28. The first-order valence-electron chi connectivity index (χ1n) is 7.96. The van der Waals surface area contributed by atoms with Crippen molar-refractivity contribution in [3.63, 3.8) is 0 Å². The van der Waals surface area contributed by atoms with Gasteiger partial charge in [-0.05, 0) is 23.3 Å². The number of aromatic nitrogens is 2. The quantitative estimate of drug-likeness (QED) is 0.623. The highest BCUT2D eigenvalue weighted by Gasteiger charge is 2.19. The molecule has 0 radical (unpaired) electrons. The summed E-state index contributed by atoms with van der Waals surface area (Å²) in [6.07, 6.45) is 4.40. The van der Waals surface area contributed by atoms with E-state index in [2.05, 4.69) is 10.4 Å². The number of sulfonamides is 1. The molecule has 9 heteroatoms. The average molecular weight is 386 g/mol. The van der Waals surface area contributed by atoms with Crippen LogP contribution < -0.4 is 10.6 Å². The molecule has 3 aromatic rings. The number of carbonyl (C=O) groups excluding carboxylic acids is 1. The van der Waals surface area contributed by atoms with Crippen molar-refractivity contribution in [2.45, 2.75) is 11.4 Å². The van der Waals surface area contributed by atoms with Crippen molar-refractivity contribution in [2.75, 3.05) is 12.5 Å². The molecule has 0 saturated heterocycles. The zero-order valence-electron chi connectivity index (χ0n) is 14.5. The molecule has 27 heavy (non-hydrogen) atoms. The van der Waals surface area contributed by atoms with Crippen LogP contribution in [0.25, 0.3) is 11.1 Å². The van der Waals surface area contributed by atoms with Gasteiger partial charge in [0.2, 0.25) is 10.0 Å². The van der Waals surface area contributed by atoms with Crippen LogP contribution in [-0.2, 0) is 21.3 Å². The Labute approximate surface area is 156 Å². The number of benzene rings is 1. The third-order valence-electron chi connectivity index (χ3n) is 3.90. The van der Waals surface area contributed by atoms with Crippen molar-refractivity contribution in [2.24, 2.45) is 5.14 Å². The number of nitrogens with two attached hydrogens (primary N) is 1. The van der Waals surface area contributed by atoms with Crippen molar-refractivity contribution < 1.29 is 17.9 Å². The number of rotatable bonds is 6. The van der Waals surface area contributed by atoms with Crippen LogP contribution in [0.3, 0.4) is 0 Å². The van der Waals surface area contributed by atoms with Crippen LogP contribution in [0.15, 0.2) is 66.0 Å². The number of carbonyl (C=O) groups is 1. The van der Waals surface area contributed by atoms with E-state index in [9.17, 15) is 13.2 Å². The Morgan fingerprint density at radius 2 is 1.96 bits per heavy atom. The largest absolute Gasteiger partial charge is 0.464 e. The molecule has 0 unspecified atom stereocenters. The first-order chi connectivity index (χ1) is 12.9. The topological polar surface area (TPSA) is 116 Å². The van der Waals surface area contributed by atoms with Crippen LogP contribution in [0, 0.1) is 0 Å². The Bertz CT molecular complexity index is 1060. The van der Waals surface area contributed by atoms with Crippen LogP contribution in [0.2, 0.25) is 0 Å². The fourth-order valence-corrected chi connectivity index (χ4v) is 3.14. The number of hydrogen-bond donors (Lipinski definition) is 2. The van der Waals surface area contributed by atoms with Gasteiger partial charge in [-0.2, -0.15) is 0 Å². The first-order valence-corrected chi connectivity index (χ1v) is 9.50. The predicted molar refractivity (Wildman–Crippen MR) is 99.9 cm³/mol. The van der Waals surface area contributed by atoms with E-state index in [0.717, 1.165) is 5.56 Å². The molecule has 0 aliphatic rings. The number of nitrogens with zero attached hydrogens (tertiary/aromatic N) is 2. The number of hydrogen-bond acceptors (Lipinski definition) is 6. The van der Waals surface area contributed by atoms with Gasteiger partial charge < -0.3 is 10.2 Å². The fraction of sp³-hybridized carbons (Fsp3) is 0.111. The molecule has 2 heterocycles. The van der Waals surface area contributed by atoms with Gasteiger partial charge in [-0.15, -0.1) is 0 Å². The molecule has 3 rings (SSSR count). The average Bonchev–Trinajstić information content (AvgIpc) is 3.10. The maximum Gasteiger partial charge on any atom is 0.357 e. The Hall–Kier alpha value is -3.17. The minimum absolute atomic E-state index is 0.0764. The van der Waals surface area contributed by atoms with E-state index in [1.54, 1.807) is 12.3 Å². The number of esters is 1. The van der Waals surface area contributed by atoms with Crippen molar-refractivity contribution in [1.82, 2.24) is 9.66 Å². The molecule has 1 aromatic carbocycles. The highest BCUT2D eigenvalue weighted by molar-refractivity contribution is 7.89. The van der Waals surface area contributed by atoms with Crippen molar-refractivity contribution in [3.8, 4) is 11.1 Å². The second kappa shape index (κ2) is 7.60. The van der Waals surface area contributed by atoms with Crippen LogP contribution in [-0.4, -0.2) is 31.2 Å². The van der Waals surface area contributed by atoms with E-state index < -0.39 is 16.0 Å². The summed E-state index contributed by atoms with van der Waals surface area (Å²) in [5.41, 5.74) is 5.56. The molecule has 140 valence electrons. The van der Waals surface area contributed by atoms with Gasteiger partial charge >= 0.3 is 5.97 Å². The molecule has 0 atom stereocenters. The van der Waals surface area contributed by atoms with E-state index in [1.807, 2.05) is 30.3 Å². The number of primary sulfonamides is 1. The molecule has 0 amide bonds. The molecule has 2 aromatic heterocycles. The van der Waals surface area contributed by atoms with Gasteiger partial charge in [0.15, 0.2) is 5.69 Å². The SMILES string of the molecule is COC(=O)c1c(-c2ccccc2)ccn1NCc1cncc(S(N)(=O)=O)c1. The first kappa shape index (κ1) is 18.6. The second-order valence-electron chi connectivity index (χ2n) is 5.71. The van der Waals surface area contributed by atoms with Crippen molar-refractivity contribution >= 4 is 16.0 Å². The minimum atomic E-state index is -3.84. The summed E-state index contributed by atoms with van der Waals surface area (Å²) < 4.78 is 29.4. The maximum atomic E-state index is 12.3. The lowest BCUT2D eigenvalue weighted by atomic mass is 10.1. The lowest BCUT2D eigenvalue weighted by Gasteiger charge is -2.13. The van der Waals surface area contributed by atoms with Gasteiger partial charge in [-0.25, -0.2) is 18.4 Å². The lowest BCUT2D eigenvalue weighted by molar-refractivity contribution is 0.0591. The summed E-state index contributed by atoms with van der Waals surface area (Å²) >= 11 is 0. The standard InChI is InChI=1S/C18H18N4O4S/c1-26-18(23)17-16(14-5-3-2-4-6-14)7-8-22(17)21-11-13-9-15(12-20-10-13)27(19,24)25/h2-10,12,21H,11H2,1H3,(H2,19,24,25). The van der Waals surface area contributed by atoms with Crippen LogP contribution in [0.5, 0.6) is 0 Å². The van der Waals surface area contributed by atoms with Gasteiger partial charge in [-0.3, -0.25) is 9.66 Å². The maximum absolute atomic E-state index is 12.3. The fourth-order valence-electron chi connectivity index (χ4n) is 2.61. The Morgan fingerprint density at radius 3 is 2.63 bits per heavy atom. The zero-order valence-corrected chi connectivity index (χ0v) is 15.3. The summed E-state index contributed by atoms with van der Waals surface area (Å²) in [6, 6.07) is 12.7. The van der Waals surface area contributed by atoms with E-state index in [-0.39, 0.29) is 11.4 Å². The van der Waals surface area contributed by atoms with Crippen molar-refractivity contribution in [3.05, 3.63) is 72.3 Å². The monoisotopic (exact) mass is 386 g/mol. The van der Waals surface area contributed by atoms with Crippen molar-refractivity contribution in [1.29, 1.82) is 0 Å². The molecule has 0 fully saturated rings. The van der Waals surface area contributed by atoms with Gasteiger partial charge in [0.05, 0.1) is 13.7 Å². The smallest absolute Gasteiger partial charge is 0.357 e. The highest BCUT2D eigenvalue weighted by Crippen LogP contribution is 2.25. The van der Waals surface area contributed by atoms with E-state index in [0.29, 0.717) is 16.8 Å². The van der Waals surface area contributed by atoms with Gasteiger partial charge in [0.1, 0.15) is 4.90 Å². The van der Waals surface area contributed by atoms with E-state index in [1.165, 1.54) is 30.2 Å². The van der Waals surface area contributed by atoms with Crippen LogP contribution in [0.1, 0.15) is 16.1 Å². The van der Waals surface area contributed by atoms with Gasteiger partial charge in [0, 0.05) is 24.2 Å². The zero-order chi connectivity index (χ0) is 19.4. The molecule has 3 N–H and O–H groups in total.